The van der Waals surface area contributed by atoms with Crippen molar-refractivity contribution in [1.29, 1.82) is 0 Å². The van der Waals surface area contributed by atoms with Crippen molar-refractivity contribution in [2.45, 2.75) is 33.1 Å². The number of hydrogen-bond donors (Lipinski definition) is 1. The van der Waals surface area contributed by atoms with Gasteiger partial charge in [0.2, 0.25) is 5.91 Å². The zero-order valence-corrected chi connectivity index (χ0v) is 11.8. The van der Waals surface area contributed by atoms with Gasteiger partial charge in [-0.15, -0.1) is 0 Å². The van der Waals surface area contributed by atoms with E-state index in [4.69, 9.17) is 4.52 Å². The molecule has 0 aliphatic carbocycles. The molecule has 0 bridgehead atoms. The van der Waals surface area contributed by atoms with Gasteiger partial charge in [-0.25, -0.2) is 0 Å². The number of hydrogen-bond acceptors (Lipinski definition) is 4. The average molecular weight is 265 g/mol. The SMILES string of the molecule is CCCN1CCC(CNC(=O)Cc2cc(C)no2)C1. The second kappa shape index (κ2) is 6.70. The molecule has 1 aromatic rings. The Morgan fingerprint density at radius 1 is 1.63 bits per heavy atom. The predicted octanol–water partition coefficient (Wildman–Crippen LogP) is 1.37. The molecule has 5 heteroatoms. The molecule has 0 spiro atoms. The minimum absolute atomic E-state index is 0.0186. The van der Waals surface area contributed by atoms with Gasteiger partial charge in [0.05, 0.1) is 12.1 Å². The topological polar surface area (TPSA) is 58.4 Å². The molecule has 0 saturated carbocycles. The van der Waals surface area contributed by atoms with Gasteiger partial charge in [0.25, 0.3) is 0 Å². The molecule has 1 amide bonds. The number of likely N-dealkylation sites (tertiary alicyclic amines) is 1. The average Bonchev–Trinajstić information content (AvgIpc) is 2.97. The summed E-state index contributed by atoms with van der Waals surface area (Å²) in [4.78, 5) is 14.2. The largest absolute Gasteiger partial charge is 0.361 e. The molecule has 1 aliphatic rings. The molecular formula is C14H23N3O2. The number of amides is 1. The van der Waals surface area contributed by atoms with Gasteiger partial charge in [0.1, 0.15) is 5.76 Å². The van der Waals surface area contributed by atoms with Crippen molar-refractivity contribution in [2.24, 2.45) is 5.92 Å². The minimum atomic E-state index is 0.0186. The van der Waals surface area contributed by atoms with Crippen molar-refractivity contribution < 1.29 is 9.32 Å². The van der Waals surface area contributed by atoms with E-state index in [2.05, 4.69) is 22.3 Å². The highest BCUT2D eigenvalue weighted by molar-refractivity contribution is 5.77. The van der Waals surface area contributed by atoms with Crippen LogP contribution >= 0.6 is 0 Å². The lowest BCUT2D eigenvalue weighted by Gasteiger charge is -2.14. The normalized spacial score (nSPS) is 19.8. The van der Waals surface area contributed by atoms with E-state index in [1.807, 2.05) is 6.92 Å². The Morgan fingerprint density at radius 3 is 3.16 bits per heavy atom. The molecule has 1 aliphatic heterocycles. The molecule has 2 rings (SSSR count). The summed E-state index contributed by atoms with van der Waals surface area (Å²) < 4.78 is 5.04. The Balaban J connectivity index is 1.67. The first-order valence-electron chi connectivity index (χ1n) is 7.08. The predicted molar refractivity (Wildman–Crippen MR) is 72.8 cm³/mol. The van der Waals surface area contributed by atoms with E-state index >= 15 is 0 Å². The summed E-state index contributed by atoms with van der Waals surface area (Å²) in [7, 11) is 0. The van der Waals surface area contributed by atoms with Crippen LogP contribution in [0.15, 0.2) is 10.6 Å². The molecule has 1 N–H and O–H groups in total. The Bertz CT molecular complexity index is 417. The van der Waals surface area contributed by atoms with Crippen LogP contribution in [-0.2, 0) is 11.2 Å². The first-order chi connectivity index (χ1) is 9.17. The third-order valence-corrected chi connectivity index (χ3v) is 3.51. The fraction of sp³-hybridized carbons (Fsp3) is 0.714. The number of aryl methyl sites for hydroxylation is 1. The van der Waals surface area contributed by atoms with Crippen molar-refractivity contribution in [3.63, 3.8) is 0 Å². The lowest BCUT2D eigenvalue weighted by Crippen LogP contribution is -2.32. The van der Waals surface area contributed by atoms with E-state index in [0.29, 0.717) is 11.7 Å². The van der Waals surface area contributed by atoms with Crippen LogP contribution in [0.1, 0.15) is 31.2 Å². The summed E-state index contributed by atoms with van der Waals surface area (Å²) in [6.45, 7) is 8.26. The number of nitrogens with zero attached hydrogens (tertiary/aromatic N) is 2. The van der Waals surface area contributed by atoms with E-state index in [9.17, 15) is 4.79 Å². The van der Waals surface area contributed by atoms with Gasteiger partial charge in [-0.05, 0) is 38.8 Å². The highest BCUT2D eigenvalue weighted by Crippen LogP contribution is 2.15. The quantitative estimate of drug-likeness (QED) is 0.844. The van der Waals surface area contributed by atoms with Gasteiger partial charge < -0.3 is 14.7 Å². The van der Waals surface area contributed by atoms with Gasteiger partial charge in [0, 0.05) is 19.2 Å². The first kappa shape index (κ1) is 14.1. The third kappa shape index (κ3) is 4.35. The van der Waals surface area contributed by atoms with Gasteiger partial charge in [0.15, 0.2) is 0 Å². The molecule has 5 nitrogen and oxygen atoms in total. The second-order valence-corrected chi connectivity index (χ2v) is 5.37. The second-order valence-electron chi connectivity index (χ2n) is 5.37. The van der Waals surface area contributed by atoms with Crippen molar-refractivity contribution >= 4 is 5.91 Å². The molecule has 0 radical (unpaired) electrons. The van der Waals surface area contributed by atoms with Gasteiger partial charge in [-0.1, -0.05) is 12.1 Å². The zero-order valence-electron chi connectivity index (χ0n) is 11.8. The minimum Gasteiger partial charge on any atom is -0.361 e. The number of carbonyl (C=O) groups is 1. The molecule has 1 fully saturated rings. The molecular weight excluding hydrogens is 242 g/mol. The van der Waals surface area contributed by atoms with E-state index in [1.54, 1.807) is 6.07 Å². The molecule has 1 unspecified atom stereocenters. The molecule has 106 valence electrons. The van der Waals surface area contributed by atoms with Crippen molar-refractivity contribution in [3.05, 3.63) is 17.5 Å². The monoisotopic (exact) mass is 265 g/mol. The molecule has 1 saturated heterocycles. The van der Waals surface area contributed by atoms with Crippen molar-refractivity contribution in [3.8, 4) is 0 Å². The van der Waals surface area contributed by atoms with E-state index in [1.165, 1.54) is 19.4 Å². The molecule has 1 atom stereocenters. The lowest BCUT2D eigenvalue weighted by molar-refractivity contribution is -0.120. The number of rotatable bonds is 6. The summed E-state index contributed by atoms with van der Waals surface area (Å²) in [5, 5.41) is 6.77. The van der Waals surface area contributed by atoms with Gasteiger partial charge in [-0.3, -0.25) is 4.79 Å². The van der Waals surface area contributed by atoms with Crippen molar-refractivity contribution in [1.82, 2.24) is 15.4 Å². The summed E-state index contributed by atoms with van der Waals surface area (Å²) in [5.74, 6) is 1.24. The maximum Gasteiger partial charge on any atom is 0.227 e. The molecule has 0 aromatic carbocycles. The maximum absolute atomic E-state index is 11.8. The summed E-state index contributed by atoms with van der Waals surface area (Å²) in [5.41, 5.74) is 0.814. The highest BCUT2D eigenvalue weighted by Gasteiger charge is 2.22. The van der Waals surface area contributed by atoms with Crippen LogP contribution in [0.4, 0.5) is 0 Å². The Morgan fingerprint density at radius 2 is 2.47 bits per heavy atom. The number of carbonyl (C=O) groups excluding carboxylic acids is 1. The van der Waals surface area contributed by atoms with E-state index < -0.39 is 0 Å². The smallest absolute Gasteiger partial charge is 0.227 e. The summed E-state index contributed by atoms with van der Waals surface area (Å²) >= 11 is 0. The van der Waals surface area contributed by atoms with Crippen molar-refractivity contribution in [2.75, 3.05) is 26.2 Å². The number of nitrogens with one attached hydrogen (secondary N) is 1. The Hall–Kier alpha value is -1.36. The maximum atomic E-state index is 11.8. The van der Waals surface area contributed by atoms with Crippen LogP contribution in [-0.4, -0.2) is 42.1 Å². The fourth-order valence-corrected chi connectivity index (χ4v) is 2.58. The summed E-state index contributed by atoms with van der Waals surface area (Å²) in [6, 6.07) is 1.80. The first-order valence-corrected chi connectivity index (χ1v) is 7.08. The highest BCUT2D eigenvalue weighted by atomic mass is 16.5. The molecule has 19 heavy (non-hydrogen) atoms. The van der Waals surface area contributed by atoms with Crippen LogP contribution in [0.2, 0.25) is 0 Å². The van der Waals surface area contributed by atoms with Gasteiger partial charge >= 0.3 is 0 Å². The zero-order chi connectivity index (χ0) is 13.7. The molecule has 1 aromatic heterocycles. The standard InChI is InChI=1S/C14H23N3O2/c1-3-5-17-6-4-12(10-17)9-15-14(18)8-13-7-11(2)16-19-13/h7,12H,3-6,8-10H2,1-2H3,(H,15,18). The fourth-order valence-electron chi connectivity index (χ4n) is 2.58. The van der Waals surface area contributed by atoms with Crippen LogP contribution in [0.25, 0.3) is 0 Å². The molecule has 2 heterocycles. The van der Waals surface area contributed by atoms with E-state index in [-0.39, 0.29) is 12.3 Å². The van der Waals surface area contributed by atoms with Crippen LogP contribution in [0, 0.1) is 12.8 Å². The Kier molecular flexibility index (Phi) is 4.96. The van der Waals surface area contributed by atoms with Crippen LogP contribution < -0.4 is 5.32 Å². The number of aromatic nitrogens is 1. The summed E-state index contributed by atoms with van der Waals surface area (Å²) in [6.07, 6.45) is 2.66. The van der Waals surface area contributed by atoms with Crippen LogP contribution in [0.3, 0.4) is 0 Å². The van der Waals surface area contributed by atoms with E-state index in [0.717, 1.165) is 25.3 Å². The lowest BCUT2D eigenvalue weighted by atomic mass is 10.1. The third-order valence-electron chi connectivity index (χ3n) is 3.51. The van der Waals surface area contributed by atoms with Crippen LogP contribution in [0.5, 0.6) is 0 Å². The van der Waals surface area contributed by atoms with Gasteiger partial charge in [-0.2, -0.15) is 0 Å². The Labute approximate surface area is 114 Å².